The van der Waals surface area contributed by atoms with E-state index in [2.05, 4.69) is 20.5 Å². The summed E-state index contributed by atoms with van der Waals surface area (Å²) in [6.07, 6.45) is 2.74. The number of pyridine rings is 1. The number of hydrogen-bond acceptors (Lipinski definition) is 5. The van der Waals surface area contributed by atoms with Crippen molar-refractivity contribution in [3.63, 3.8) is 0 Å². The first-order chi connectivity index (χ1) is 9.99. The molecule has 1 amide bonds. The van der Waals surface area contributed by atoms with E-state index in [1.54, 1.807) is 12.1 Å². The zero-order chi connectivity index (χ0) is 15.7. The minimum Gasteiger partial charge on any atom is -0.481 e. The standard InChI is InChI=1S/C14H20N4O3/c1-10(2)17-18-12-7-6-11(9-16-12)14(21)15-8-4-3-5-13(19)20/h6-7,9-10H,3-5,8H2,1-2H3,(H,15,21)(H,19,20). The van der Waals surface area contributed by atoms with E-state index < -0.39 is 5.97 Å². The smallest absolute Gasteiger partial charge is 0.303 e. The molecule has 0 spiro atoms. The number of carbonyl (C=O) groups excluding carboxylic acids is 1. The van der Waals surface area contributed by atoms with Crippen LogP contribution in [0.3, 0.4) is 0 Å². The SMILES string of the molecule is CC(C)N=Nc1ccc(C(=O)NCCCCC(=O)O)cn1. The van der Waals surface area contributed by atoms with Gasteiger partial charge in [0.1, 0.15) is 0 Å². The van der Waals surface area contributed by atoms with E-state index in [1.807, 2.05) is 13.8 Å². The lowest BCUT2D eigenvalue weighted by Gasteiger charge is -2.04. The average molecular weight is 292 g/mol. The van der Waals surface area contributed by atoms with Crippen LogP contribution in [-0.4, -0.2) is 34.6 Å². The Morgan fingerprint density at radius 1 is 1.33 bits per heavy atom. The molecule has 0 aliphatic rings. The summed E-state index contributed by atoms with van der Waals surface area (Å²) in [4.78, 5) is 26.2. The Morgan fingerprint density at radius 3 is 2.67 bits per heavy atom. The fourth-order valence-corrected chi connectivity index (χ4v) is 1.46. The van der Waals surface area contributed by atoms with Gasteiger partial charge in [-0.05, 0) is 38.8 Å². The number of unbranched alkanes of at least 4 members (excludes halogenated alkanes) is 1. The van der Waals surface area contributed by atoms with Gasteiger partial charge in [-0.1, -0.05) is 0 Å². The van der Waals surface area contributed by atoms with Crippen LogP contribution in [0.5, 0.6) is 0 Å². The number of nitrogens with zero attached hydrogens (tertiary/aromatic N) is 3. The van der Waals surface area contributed by atoms with E-state index in [1.165, 1.54) is 6.20 Å². The van der Waals surface area contributed by atoms with Crippen LogP contribution in [0.2, 0.25) is 0 Å². The number of carbonyl (C=O) groups is 2. The van der Waals surface area contributed by atoms with E-state index >= 15 is 0 Å². The van der Waals surface area contributed by atoms with Crippen LogP contribution < -0.4 is 5.32 Å². The van der Waals surface area contributed by atoms with E-state index in [9.17, 15) is 9.59 Å². The molecular weight excluding hydrogens is 272 g/mol. The Bertz CT molecular complexity index is 497. The van der Waals surface area contributed by atoms with Crippen LogP contribution in [0.25, 0.3) is 0 Å². The molecule has 0 saturated heterocycles. The van der Waals surface area contributed by atoms with Gasteiger partial charge in [0.15, 0.2) is 5.82 Å². The third-order valence-electron chi connectivity index (χ3n) is 2.50. The molecule has 21 heavy (non-hydrogen) atoms. The quantitative estimate of drug-likeness (QED) is 0.567. The maximum atomic E-state index is 11.8. The van der Waals surface area contributed by atoms with E-state index in [0.29, 0.717) is 30.8 Å². The Hall–Kier alpha value is -2.31. The molecule has 1 rings (SSSR count). The van der Waals surface area contributed by atoms with Crippen LogP contribution in [0.15, 0.2) is 28.6 Å². The highest BCUT2D eigenvalue weighted by molar-refractivity contribution is 5.93. The highest BCUT2D eigenvalue weighted by atomic mass is 16.4. The third-order valence-corrected chi connectivity index (χ3v) is 2.50. The predicted molar refractivity (Wildman–Crippen MR) is 77.7 cm³/mol. The molecule has 7 nitrogen and oxygen atoms in total. The summed E-state index contributed by atoms with van der Waals surface area (Å²) in [5.41, 5.74) is 0.441. The summed E-state index contributed by atoms with van der Waals surface area (Å²) in [5, 5.41) is 19.1. The van der Waals surface area contributed by atoms with Crippen LogP contribution in [0.1, 0.15) is 43.5 Å². The Kier molecular flexibility index (Phi) is 7.00. The molecule has 1 aromatic heterocycles. The molecule has 0 aromatic carbocycles. The topological polar surface area (TPSA) is 104 Å². The lowest BCUT2D eigenvalue weighted by Crippen LogP contribution is -2.24. The van der Waals surface area contributed by atoms with Gasteiger partial charge in [0.25, 0.3) is 5.91 Å². The van der Waals surface area contributed by atoms with Crippen molar-refractivity contribution in [3.05, 3.63) is 23.9 Å². The highest BCUT2D eigenvalue weighted by Crippen LogP contribution is 2.10. The monoisotopic (exact) mass is 292 g/mol. The third kappa shape index (κ3) is 7.14. The molecule has 7 heteroatoms. The highest BCUT2D eigenvalue weighted by Gasteiger charge is 2.05. The normalized spacial score (nSPS) is 11.0. The van der Waals surface area contributed by atoms with Crippen LogP contribution >= 0.6 is 0 Å². The molecule has 0 bridgehead atoms. The van der Waals surface area contributed by atoms with E-state index in [4.69, 9.17) is 5.11 Å². The maximum Gasteiger partial charge on any atom is 0.303 e. The number of azo groups is 1. The minimum atomic E-state index is -0.823. The molecule has 1 heterocycles. The van der Waals surface area contributed by atoms with Gasteiger partial charge >= 0.3 is 5.97 Å². The number of aromatic nitrogens is 1. The Morgan fingerprint density at radius 2 is 2.10 bits per heavy atom. The van der Waals surface area contributed by atoms with Gasteiger partial charge in [-0.3, -0.25) is 9.59 Å². The summed E-state index contributed by atoms with van der Waals surface area (Å²) in [5.74, 6) is -0.594. The first kappa shape index (κ1) is 16.7. The van der Waals surface area contributed by atoms with Gasteiger partial charge in [0.05, 0.1) is 11.6 Å². The summed E-state index contributed by atoms with van der Waals surface area (Å²) < 4.78 is 0. The van der Waals surface area contributed by atoms with Crippen molar-refractivity contribution in [3.8, 4) is 0 Å². The van der Waals surface area contributed by atoms with Crippen molar-refractivity contribution in [2.24, 2.45) is 10.2 Å². The number of rotatable bonds is 8. The number of carboxylic acid groups (broad SMARTS) is 1. The van der Waals surface area contributed by atoms with Crippen molar-refractivity contribution in [1.29, 1.82) is 0 Å². The van der Waals surface area contributed by atoms with Gasteiger partial charge in [-0.25, -0.2) is 4.98 Å². The number of amides is 1. The number of carboxylic acids is 1. The van der Waals surface area contributed by atoms with Crippen molar-refractivity contribution in [2.45, 2.75) is 39.2 Å². The molecule has 0 aliphatic carbocycles. The second kappa shape index (κ2) is 8.78. The van der Waals surface area contributed by atoms with Crippen molar-refractivity contribution in [2.75, 3.05) is 6.54 Å². The van der Waals surface area contributed by atoms with Crippen LogP contribution in [0, 0.1) is 0 Å². The van der Waals surface area contributed by atoms with Crippen LogP contribution in [0.4, 0.5) is 5.82 Å². The van der Waals surface area contributed by atoms with Gasteiger partial charge < -0.3 is 10.4 Å². The molecule has 114 valence electrons. The fourth-order valence-electron chi connectivity index (χ4n) is 1.46. The molecule has 1 aromatic rings. The second-order valence-electron chi connectivity index (χ2n) is 4.82. The van der Waals surface area contributed by atoms with Gasteiger partial charge in [0.2, 0.25) is 0 Å². The molecule has 0 radical (unpaired) electrons. The number of nitrogens with one attached hydrogen (secondary N) is 1. The van der Waals surface area contributed by atoms with Gasteiger partial charge in [0, 0.05) is 19.2 Å². The van der Waals surface area contributed by atoms with E-state index in [-0.39, 0.29) is 18.4 Å². The summed E-state index contributed by atoms with van der Waals surface area (Å²) >= 11 is 0. The first-order valence-corrected chi connectivity index (χ1v) is 6.86. The maximum absolute atomic E-state index is 11.8. The van der Waals surface area contributed by atoms with Gasteiger partial charge in [-0.2, -0.15) is 5.11 Å². The minimum absolute atomic E-state index is 0.0978. The largest absolute Gasteiger partial charge is 0.481 e. The van der Waals surface area contributed by atoms with Crippen molar-refractivity contribution < 1.29 is 14.7 Å². The molecule has 0 unspecified atom stereocenters. The zero-order valence-corrected chi connectivity index (χ0v) is 12.2. The second-order valence-corrected chi connectivity index (χ2v) is 4.82. The zero-order valence-electron chi connectivity index (χ0n) is 12.2. The Labute approximate surface area is 123 Å². The molecule has 2 N–H and O–H groups in total. The molecule has 0 fully saturated rings. The summed E-state index contributed by atoms with van der Waals surface area (Å²) in [6, 6.07) is 3.36. The lowest BCUT2D eigenvalue weighted by atomic mass is 10.2. The molecular formula is C14H20N4O3. The average Bonchev–Trinajstić information content (AvgIpc) is 2.44. The van der Waals surface area contributed by atoms with Crippen molar-refractivity contribution in [1.82, 2.24) is 10.3 Å². The first-order valence-electron chi connectivity index (χ1n) is 6.86. The molecule has 0 saturated carbocycles. The summed E-state index contributed by atoms with van der Waals surface area (Å²) in [6.45, 7) is 4.27. The molecule has 0 atom stereocenters. The van der Waals surface area contributed by atoms with Crippen LogP contribution in [-0.2, 0) is 4.79 Å². The summed E-state index contributed by atoms with van der Waals surface area (Å²) in [7, 11) is 0. The lowest BCUT2D eigenvalue weighted by molar-refractivity contribution is -0.137. The Balaban J connectivity index is 2.39. The number of aliphatic carboxylic acids is 1. The molecule has 0 aliphatic heterocycles. The van der Waals surface area contributed by atoms with E-state index in [0.717, 1.165) is 0 Å². The number of hydrogen-bond donors (Lipinski definition) is 2. The fraction of sp³-hybridized carbons (Fsp3) is 0.500. The predicted octanol–water partition coefficient (Wildman–Crippen LogP) is 2.56. The van der Waals surface area contributed by atoms with Crippen molar-refractivity contribution >= 4 is 17.7 Å². The van der Waals surface area contributed by atoms with Gasteiger partial charge in [-0.15, -0.1) is 5.11 Å².